The van der Waals surface area contributed by atoms with Crippen molar-refractivity contribution in [3.63, 3.8) is 0 Å². The fraction of sp³-hybridized carbons (Fsp3) is 0.429. The first kappa shape index (κ1) is 14.9. The molecule has 18 heavy (non-hydrogen) atoms. The second kappa shape index (κ2) is 6.69. The maximum absolute atomic E-state index is 11.4. The van der Waals surface area contributed by atoms with E-state index in [0.717, 1.165) is 16.7 Å². The third kappa shape index (κ3) is 4.26. The molecule has 4 heteroatoms. The van der Waals surface area contributed by atoms with E-state index in [2.05, 4.69) is 15.9 Å². The van der Waals surface area contributed by atoms with E-state index in [1.54, 1.807) is 6.92 Å². The number of ketones is 1. The number of carbonyl (C=O) groups excluding carboxylic acids is 2. The van der Waals surface area contributed by atoms with Crippen molar-refractivity contribution in [1.29, 1.82) is 0 Å². The number of ether oxygens (including phenoxy) is 1. The molecule has 0 N–H and O–H groups in total. The molecule has 0 saturated heterocycles. The Labute approximate surface area is 116 Å². The lowest BCUT2D eigenvalue weighted by Gasteiger charge is -2.10. The van der Waals surface area contributed by atoms with Crippen LogP contribution in [-0.2, 0) is 20.7 Å². The maximum atomic E-state index is 11.4. The molecule has 1 rings (SSSR count). The van der Waals surface area contributed by atoms with E-state index >= 15 is 0 Å². The van der Waals surface area contributed by atoms with Crippen molar-refractivity contribution in [3.05, 3.63) is 34.9 Å². The van der Waals surface area contributed by atoms with E-state index in [1.165, 1.54) is 6.92 Å². The van der Waals surface area contributed by atoms with Crippen LogP contribution in [0.1, 0.15) is 35.4 Å². The SMILES string of the molecule is CCOC(=O)Cc1cc(C)cc(C(Br)C(C)=O)c1. The number of hydrogen-bond acceptors (Lipinski definition) is 3. The van der Waals surface area contributed by atoms with Gasteiger partial charge < -0.3 is 4.74 Å². The molecule has 0 bridgehead atoms. The van der Waals surface area contributed by atoms with Gasteiger partial charge in [0.2, 0.25) is 0 Å². The van der Waals surface area contributed by atoms with E-state index in [9.17, 15) is 9.59 Å². The van der Waals surface area contributed by atoms with Crippen LogP contribution in [0, 0.1) is 6.92 Å². The van der Waals surface area contributed by atoms with E-state index in [0.29, 0.717) is 6.61 Å². The lowest BCUT2D eigenvalue weighted by molar-refractivity contribution is -0.142. The van der Waals surface area contributed by atoms with Crippen molar-refractivity contribution in [2.75, 3.05) is 6.61 Å². The smallest absolute Gasteiger partial charge is 0.310 e. The van der Waals surface area contributed by atoms with Gasteiger partial charge in [-0.3, -0.25) is 9.59 Å². The first-order chi connectivity index (χ1) is 8.43. The van der Waals surface area contributed by atoms with Crippen LogP contribution in [0.4, 0.5) is 0 Å². The molecule has 0 aliphatic heterocycles. The van der Waals surface area contributed by atoms with Gasteiger partial charge >= 0.3 is 5.97 Å². The monoisotopic (exact) mass is 312 g/mol. The molecule has 98 valence electrons. The summed E-state index contributed by atoms with van der Waals surface area (Å²) in [6.07, 6.45) is 0.236. The zero-order valence-electron chi connectivity index (χ0n) is 10.8. The molecule has 0 radical (unpaired) electrons. The molecule has 1 aromatic carbocycles. The summed E-state index contributed by atoms with van der Waals surface area (Å²) in [5.74, 6) is -0.203. The molecule has 0 aliphatic carbocycles. The molecule has 0 heterocycles. The van der Waals surface area contributed by atoms with E-state index in [1.807, 2.05) is 25.1 Å². The third-order valence-electron chi connectivity index (χ3n) is 2.46. The molecule has 1 atom stereocenters. The molecule has 0 spiro atoms. The highest BCUT2D eigenvalue weighted by Crippen LogP contribution is 2.25. The Morgan fingerprint density at radius 1 is 1.33 bits per heavy atom. The third-order valence-corrected chi connectivity index (χ3v) is 3.64. The van der Waals surface area contributed by atoms with Gasteiger partial charge in [0.25, 0.3) is 0 Å². The number of Topliss-reactive ketones (excluding diaryl/α,β-unsaturated/α-hetero) is 1. The summed E-state index contributed by atoms with van der Waals surface area (Å²) >= 11 is 3.35. The normalized spacial score (nSPS) is 12.0. The van der Waals surface area contributed by atoms with Crippen LogP contribution >= 0.6 is 15.9 Å². The van der Waals surface area contributed by atoms with Crippen LogP contribution in [0.2, 0.25) is 0 Å². The number of carbonyl (C=O) groups is 2. The van der Waals surface area contributed by atoms with Crippen LogP contribution < -0.4 is 0 Å². The number of benzene rings is 1. The van der Waals surface area contributed by atoms with Gasteiger partial charge in [0, 0.05) is 0 Å². The van der Waals surface area contributed by atoms with Gasteiger partial charge in [-0.1, -0.05) is 39.7 Å². The van der Waals surface area contributed by atoms with Gasteiger partial charge in [0.15, 0.2) is 0 Å². The summed E-state index contributed by atoms with van der Waals surface area (Å²) in [5.41, 5.74) is 2.77. The predicted octanol–water partition coefficient (Wildman–Crippen LogP) is 3.13. The Balaban J connectivity index is 2.94. The summed E-state index contributed by atoms with van der Waals surface area (Å²) in [4.78, 5) is 22.5. The van der Waals surface area contributed by atoms with Crippen LogP contribution in [-0.4, -0.2) is 18.4 Å². The second-order valence-corrected chi connectivity index (χ2v) is 5.12. The van der Waals surface area contributed by atoms with Crippen molar-refractivity contribution in [3.8, 4) is 0 Å². The molecular weight excluding hydrogens is 296 g/mol. The minimum Gasteiger partial charge on any atom is -0.466 e. The summed E-state index contributed by atoms with van der Waals surface area (Å²) in [7, 11) is 0. The largest absolute Gasteiger partial charge is 0.466 e. The Bertz CT molecular complexity index is 454. The zero-order chi connectivity index (χ0) is 13.7. The molecule has 0 fully saturated rings. The first-order valence-corrected chi connectivity index (χ1v) is 6.76. The van der Waals surface area contributed by atoms with Crippen LogP contribution in [0.5, 0.6) is 0 Å². The zero-order valence-corrected chi connectivity index (χ0v) is 12.4. The Kier molecular flexibility index (Phi) is 5.54. The fourth-order valence-corrected chi connectivity index (χ4v) is 2.02. The Morgan fingerprint density at radius 2 is 2.00 bits per heavy atom. The van der Waals surface area contributed by atoms with E-state index in [4.69, 9.17) is 4.74 Å². The molecule has 1 unspecified atom stereocenters. The number of rotatable bonds is 5. The van der Waals surface area contributed by atoms with Gasteiger partial charge in [-0.2, -0.15) is 0 Å². The number of halogens is 1. The molecule has 0 aliphatic rings. The number of hydrogen-bond donors (Lipinski definition) is 0. The summed E-state index contributed by atoms with van der Waals surface area (Å²) < 4.78 is 4.92. The summed E-state index contributed by atoms with van der Waals surface area (Å²) in [5, 5.41) is 0. The molecule has 1 aromatic rings. The topological polar surface area (TPSA) is 43.4 Å². The Morgan fingerprint density at radius 3 is 2.56 bits per heavy atom. The number of alkyl halides is 1. The van der Waals surface area contributed by atoms with Gasteiger partial charge in [-0.15, -0.1) is 0 Å². The first-order valence-electron chi connectivity index (χ1n) is 5.84. The standard InChI is InChI=1S/C14H17BrO3/c1-4-18-13(17)8-11-5-9(2)6-12(7-11)14(15)10(3)16/h5-7,14H,4,8H2,1-3H3. The highest BCUT2D eigenvalue weighted by atomic mass is 79.9. The van der Waals surface area contributed by atoms with E-state index in [-0.39, 0.29) is 23.0 Å². The van der Waals surface area contributed by atoms with Crippen LogP contribution in [0.3, 0.4) is 0 Å². The van der Waals surface area contributed by atoms with Crippen LogP contribution in [0.15, 0.2) is 18.2 Å². The number of aryl methyl sites for hydroxylation is 1. The number of esters is 1. The quantitative estimate of drug-likeness (QED) is 0.619. The second-order valence-electron chi connectivity index (χ2n) is 4.21. The summed E-state index contributed by atoms with van der Waals surface area (Å²) in [6, 6.07) is 5.74. The van der Waals surface area contributed by atoms with Crippen molar-refractivity contribution >= 4 is 27.7 Å². The molecule has 3 nitrogen and oxygen atoms in total. The average molecular weight is 313 g/mol. The highest BCUT2D eigenvalue weighted by Gasteiger charge is 2.14. The van der Waals surface area contributed by atoms with Crippen molar-refractivity contribution < 1.29 is 14.3 Å². The van der Waals surface area contributed by atoms with Crippen molar-refractivity contribution in [2.24, 2.45) is 0 Å². The maximum Gasteiger partial charge on any atom is 0.310 e. The Hall–Kier alpha value is -1.16. The highest BCUT2D eigenvalue weighted by molar-refractivity contribution is 9.09. The van der Waals surface area contributed by atoms with Gasteiger partial charge in [-0.05, 0) is 31.9 Å². The molecule has 0 saturated carbocycles. The minimum atomic E-state index is -0.321. The fourth-order valence-electron chi connectivity index (χ4n) is 1.76. The molecule has 0 aromatic heterocycles. The molecular formula is C14H17BrO3. The lowest BCUT2D eigenvalue weighted by Crippen LogP contribution is -2.09. The van der Waals surface area contributed by atoms with Gasteiger partial charge in [-0.25, -0.2) is 0 Å². The van der Waals surface area contributed by atoms with Crippen molar-refractivity contribution in [2.45, 2.75) is 32.0 Å². The van der Waals surface area contributed by atoms with Crippen LogP contribution in [0.25, 0.3) is 0 Å². The van der Waals surface area contributed by atoms with Gasteiger partial charge in [0.1, 0.15) is 5.78 Å². The average Bonchev–Trinajstić information content (AvgIpc) is 2.27. The lowest BCUT2D eigenvalue weighted by atomic mass is 10.0. The minimum absolute atomic E-state index is 0.0442. The van der Waals surface area contributed by atoms with E-state index < -0.39 is 0 Å². The summed E-state index contributed by atoms with van der Waals surface area (Å²) in [6.45, 7) is 5.64. The predicted molar refractivity (Wildman–Crippen MR) is 73.9 cm³/mol. The molecule has 0 amide bonds. The van der Waals surface area contributed by atoms with Gasteiger partial charge in [0.05, 0.1) is 17.9 Å². The van der Waals surface area contributed by atoms with Crippen molar-refractivity contribution in [1.82, 2.24) is 0 Å².